The van der Waals surface area contributed by atoms with Gasteiger partial charge in [0.25, 0.3) is 0 Å². The lowest BCUT2D eigenvalue weighted by molar-refractivity contribution is 0.759. The average Bonchev–Trinajstić information content (AvgIpc) is 2.19. The highest BCUT2D eigenvalue weighted by Gasteiger charge is 2.01. The molecule has 1 aromatic rings. The van der Waals surface area contributed by atoms with Crippen LogP contribution in [-0.4, -0.2) is 0 Å². The van der Waals surface area contributed by atoms with Gasteiger partial charge in [0.05, 0.1) is 0 Å². The zero-order valence-electron chi connectivity index (χ0n) is 8.16. The topological polar surface area (TPSA) is 0 Å². The maximum Gasteiger partial charge on any atom is -0.0218 e. The van der Waals surface area contributed by atoms with Crippen molar-refractivity contribution in [1.82, 2.24) is 0 Å². The molecule has 13 heavy (non-hydrogen) atoms. The lowest BCUT2D eigenvalue weighted by Crippen LogP contribution is -1.91. The van der Waals surface area contributed by atoms with E-state index in [1.807, 2.05) is 24.3 Å². The Hall–Kier alpha value is -1.30. The number of rotatable bonds is 4. The predicted molar refractivity (Wildman–Crippen MR) is 59.5 cm³/mol. The fourth-order valence-electron chi connectivity index (χ4n) is 1.26. The van der Waals surface area contributed by atoms with Gasteiger partial charge in [0.15, 0.2) is 0 Å². The first-order valence-electron chi connectivity index (χ1n) is 4.59. The van der Waals surface area contributed by atoms with Crippen molar-refractivity contribution in [3.63, 3.8) is 0 Å². The predicted octanol–water partition coefficient (Wildman–Crippen LogP) is 3.91. The van der Waals surface area contributed by atoms with Crippen LogP contribution in [-0.2, 0) is 0 Å². The van der Waals surface area contributed by atoms with Gasteiger partial charge < -0.3 is 0 Å². The monoisotopic (exact) mass is 172 g/mol. The van der Waals surface area contributed by atoms with E-state index < -0.39 is 0 Å². The van der Waals surface area contributed by atoms with E-state index in [1.54, 1.807) is 0 Å². The second-order valence-electron chi connectivity index (χ2n) is 3.39. The van der Waals surface area contributed by atoms with Gasteiger partial charge in [-0.15, -0.1) is 6.58 Å². The number of allylic oxidation sites excluding steroid dienone is 2. The molecule has 0 fully saturated rings. The Morgan fingerprint density at radius 2 is 2.00 bits per heavy atom. The maximum absolute atomic E-state index is 4.07. The van der Waals surface area contributed by atoms with E-state index in [0.717, 1.165) is 6.42 Å². The van der Waals surface area contributed by atoms with E-state index in [-0.39, 0.29) is 0 Å². The summed E-state index contributed by atoms with van der Waals surface area (Å²) in [4.78, 5) is 0. The Morgan fingerprint density at radius 3 is 2.54 bits per heavy atom. The maximum atomic E-state index is 4.07. The van der Waals surface area contributed by atoms with Crippen molar-refractivity contribution in [2.45, 2.75) is 13.3 Å². The van der Waals surface area contributed by atoms with Crippen LogP contribution in [0.4, 0.5) is 0 Å². The summed E-state index contributed by atoms with van der Waals surface area (Å²) in [5, 5.41) is 0. The fraction of sp³-hybridized carbons (Fsp3) is 0.231. The van der Waals surface area contributed by atoms with E-state index in [9.17, 15) is 0 Å². The second-order valence-corrected chi connectivity index (χ2v) is 3.39. The van der Waals surface area contributed by atoms with Crippen LogP contribution in [0.25, 0.3) is 5.57 Å². The van der Waals surface area contributed by atoms with Crippen LogP contribution in [0.1, 0.15) is 18.9 Å². The van der Waals surface area contributed by atoms with E-state index in [2.05, 4.69) is 32.2 Å². The molecular formula is C13H16. The fourth-order valence-corrected chi connectivity index (χ4v) is 1.26. The first-order chi connectivity index (χ1) is 6.24. The molecule has 0 unspecified atom stereocenters. The van der Waals surface area contributed by atoms with Gasteiger partial charge in [0.1, 0.15) is 0 Å². The molecule has 0 radical (unpaired) electrons. The van der Waals surface area contributed by atoms with Gasteiger partial charge in [-0.25, -0.2) is 0 Å². The normalized spacial score (nSPS) is 12.1. The van der Waals surface area contributed by atoms with E-state index in [4.69, 9.17) is 0 Å². The molecule has 1 rings (SSSR count). The highest BCUT2D eigenvalue weighted by molar-refractivity contribution is 5.63. The Morgan fingerprint density at radius 1 is 1.38 bits per heavy atom. The standard InChI is InChI=1S/C13H16/c1-4-11(2)10-12(3)13-8-6-5-7-9-13/h4-9,11H,1,3,10H2,2H3/t11-/m0/s1. The van der Waals surface area contributed by atoms with Crippen LogP contribution in [0.15, 0.2) is 49.6 Å². The van der Waals surface area contributed by atoms with Crippen molar-refractivity contribution >= 4 is 5.57 Å². The highest BCUT2D eigenvalue weighted by atomic mass is 14.1. The van der Waals surface area contributed by atoms with Crippen molar-refractivity contribution in [2.24, 2.45) is 5.92 Å². The zero-order valence-corrected chi connectivity index (χ0v) is 8.16. The Bertz CT molecular complexity index is 282. The summed E-state index contributed by atoms with van der Waals surface area (Å²) in [6.45, 7) is 9.99. The lowest BCUT2D eigenvalue weighted by atomic mass is 9.97. The third kappa shape index (κ3) is 2.90. The minimum Gasteiger partial charge on any atom is -0.103 e. The minimum atomic E-state index is 0.507. The molecule has 1 aromatic carbocycles. The number of hydrogen-bond donors (Lipinski definition) is 0. The molecule has 0 saturated carbocycles. The first-order valence-corrected chi connectivity index (χ1v) is 4.59. The molecule has 0 heterocycles. The lowest BCUT2D eigenvalue weighted by Gasteiger charge is -2.08. The van der Waals surface area contributed by atoms with E-state index in [1.165, 1.54) is 11.1 Å². The molecule has 0 aliphatic rings. The summed E-state index contributed by atoms with van der Waals surface area (Å²) in [5.41, 5.74) is 2.42. The Labute approximate surface area is 80.6 Å². The SMILES string of the molecule is C=C[C@H](C)CC(=C)c1ccccc1. The van der Waals surface area contributed by atoms with Crippen LogP contribution in [0.5, 0.6) is 0 Å². The van der Waals surface area contributed by atoms with Gasteiger partial charge >= 0.3 is 0 Å². The summed E-state index contributed by atoms with van der Waals surface area (Å²) in [7, 11) is 0. The van der Waals surface area contributed by atoms with E-state index >= 15 is 0 Å². The quantitative estimate of drug-likeness (QED) is 0.604. The Balaban J connectivity index is 2.64. The van der Waals surface area contributed by atoms with Crippen molar-refractivity contribution < 1.29 is 0 Å². The summed E-state index contributed by atoms with van der Waals surface area (Å²) < 4.78 is 0. The number of hydrogen-bond acceptors (Lipinski definition) is 0. The molecule has 0 nitrogen and oxygen atoms in total. The molecule has 0 aliphatic carbocycles. The van der Waals surface area contributed by atoms with Crippen LogP contribution in [0.3, 0.4) is 0 Å². The van der Waals surface area contributed by atoms with Gasteiger partial charge in [-0.2, -0.15) is 0 Å². The van der Waals surface area contributed by atoms with Crippen LogP contribution in [0, 0.1) is 5.92 Å². The summed E-state index contributed by atoms with van der Waals surface area (Å²) in [6, 6.07) is 10.3. The minimum absolute atomic E-state index is 0.507. The molecule has 0 aliphatic heterocycles. The van der Waals surface area contributed by atoms with Crippen molar-refractivity contribution in [3.05, 3.63) is 55.1 Å². The van der Waals surface area contributed by atoms with Gasteiger partial charge in [-0.1, -0.05) is 49.9 Å². The molecule has 0 aromatic heterocycles. The third-order valence-electron chi connectivity index (χ3n) is 2.15. The molecule has 68 valence electrons. The second kappa shape index (κ2) is 4.66. The molecule has 0 spiro atoms. The summed E-state index contributed by atoms with van der Waals surface area (Å²) in [6.07, 6.45) is 2.96. The first kappa shape index (κ1) is 9.79. The third-order valence-corrected chi connectivity index (χ3v) is 2.15. The summed E-state index contributed by atoms with van der Waals surface area (Å²) >= 11 is 0. The number of benzene rings is 1. The largest absolute Gasteiger partial charge is 0.103 e. The Kier molecular flexibility index (Phi) is 3.51. The molecule has 0 amide bonds. The smallest absolute Gasteiger partial charge is 0.0218 e. The molecule has 0 bridgehead atoms. The molecule has 1 atom stereocenters. The van der Waals surface area contributed by atoms with E-state index in [0.29, 0.717) is 5.92 Å². The zero-order chi connectivity index (χ0) is 9.68. The molecular weight excluding hydrogens is 156 g/mol. The highest BCUT2D eigenvalue weighted by Crippen LogP contribution is 2.20. The van der Waals surface area contributed by atoms with Crippen LogP contribution < -0.4 is 0 Å². The average molecular weight is 172 g/mol. The van der Waals surface area contributed by atoms with Gasteiger partial charge in [0, 0.05) is 0 Å². The van der Waals surface area contributed by atoms with Crippen LogP contribution >= 0.6 is 0 Å². The van der Waals surface area contributed by atoms with Crippen LogP contribution in [0.2, 0.25) is 0 Å². The van der Waals surface area contributed by atoms with Gasteiger partial charge in [-0.3, -0.25) is 0 Å². The van der Waals surface area contributed by atoms with Crippen molar-refractivity contribution in [3.8, 4) is 0 Å². The molecule has 0 heteroatoms. The molecule has 0 saturated heterocycles. The van der Waals surface area contributed by atoms with Gasteiger partial charge in [0.2, 0.25) is 0 Å². The molecule has 0 N–H and O–H groups in total. The van der Waals surface area contributed by atoms with Crippen molar-refractivity contribution in [1.29, 1.82) is 0 Å². The van der Waals surface area contributed by atoms with Crippen molar-refractivity contribution in [2.75, 3.05) is 0 Å². The van der Waals surface area contributed by atoms with Gasteiger partial charge in [-0.05, 0) is 23.5 Å². The summed E-state index contributed by atoms with van der Waals surface area (Å²) in [5.74, 6) is 0.507.